The fraction of sp³-hybridized carbons (Fsp3) is 0.522. The quantitative estimate of drug-likeness (QED) is 0.812. The summed E-state index contributed by atoms with van der Waals surface area (Å²) in [5, 5.41) is 4.18. The van der Waals surface area contributed by atoms with Gasteiger partial charge in [-0.05, 0) is 50.3 Å². The number of fused-ring (bicyclic) bond motifs is 1. The van der Waals surface area contributed by atoms with E-state index in [0.717, 1.165) is 73.1 Å². The fourth-order valence-corrected chi connectivity index (χ4v) is 5.43. The second-order valence-electron chi connectivity index (χ2n) is 8.34. The Balaban J connectivity index is 1.39. The molecule has 1 aromatic heterocycles. The van der Waals surface area contributed by atoms with Crippen LogP contribution in [0, 0.1) is 19.8 Å². The first-order valence-corrected chi connectivity index (χ1v) is 11.7. The number of carbonyl (C=O) groups excluding carboxylic acids is 2. The molecule has 1 aliphatic carbocycles. The summed E-state index contributed by atoms with van der Waals surface area (Å²) < 4.78 is 0. The molecule has 30 heavy (non-hydrogen) atoms. The molecule has 160 valence electrons. The summed E-state index contributed by atoms with van der Waals surface area (Å²) in [7, 11) is 0. The second-order valence-corrected chi connectivity index (χ2v) is 9.40. The number of carbonyl (C=O) groups is 2. The van der Waals surface area contributed by atoms with Gasteiger partial charge in [0.2, 0.25) is 11.8 Å². The lowest BCUT2D eigenvalue weighted by Gasteiger charge is -2.34. The van der Waals surface area contributed by atoms with E-state index in [1.807, 2.05) is 37.8 Å². The Kier molecular flexibility index (Phi) is 6.09. The van der Waals surface area contributed by atoms with Gasteiger partial charge in [-0.1, -0.05) is 19.1 Å². The Morgan fingerprint density at radius 3 is 2.70 bits per heavy atom. The van der Waals surface area contributed by atoms with E-state index < -0.39 is 0 Å². The molecule has 0 saturated carbocycles. The summed E-state index contributed by atoms with van der Waals surface area (Å²) in [6, 6.07) is 6.15. The van der Waals surface area contributed by atoms with Crippen LogP contribution >= 0.6 is 11.3 Å². The van der Waals surface area contributed by atoms with E-state index in [1.54, 1.807) is 11.3 Å². The van der Waals surface area contributed by atoms with Gasteiger partial charge in [0.1, 0.15) is 0 Å². The molecule has 1 saturated heterocycles. The van der Waals surface area contributed by atoms with Gasteiger partial charge >= 0.3 is 0 Å². The lowest BCUT2D eigenvalue weighted by atomic mass is 9.90. The third-order valence-corrected chi connectivity index (χ3v) is 7.34. The maximum absolute atomic E-state index is 12.9. The number of piperazine rings is 1. The number of hydrogen-bond donors (Lipinski definition) is 1. The van der Waals surface area contributed by atoms with Crippen LogP contribution in [0.1, 0.15) is 41.5 Å². The molecule has 2 aliphatic rings. The average Bonchev–Trinajstić information content (AvgIpc) is 3.19. The summed E-state index contributed by atoms with van der Waals surface area (Å²) in [5.41, 5.74) is 4.30. The maximum atomic E-state index is 12.9. The van der Waals surface area contributed by atoms with E-state index in [9.17, 15) is 9.59 Å². The average molecular weight is 427 g/mol. The summed E-state index contributed by atoms with van der Waals surface area (Å²) in [6.07, 6.45) is 3.02. The first kappa shape index (κ1) is 20.8. The summed E-state index contributed by atoms with van der Waals surface area (Å²) in [6.45, 7) is 9.16. The van der Waals surface area contributed by atoms with Crippen molar-refractivity contribution < 1.29 is 9.59 Å². The maximum Gasteiger partial charge on any atom is 0.227 e. The Morgan fingerprint density at radius 2 is 1.97 bits per heavy atom. The molecule has 0 radical (unpaired) electrons. The minimum Gasteiger partial charge on any atom is -0.345 e. The van der Waals surface area contributed by atoms with Crippen LogP contribution in [0.5, 0.6) is 0 Å². The number of rotatable bonds is 4. The number of hydrogen-bond acceptors (Lipinski definition) is 5. The van der Waals surface area contributed by atoms with Crippen molar-refractivity contribution in [1.82, 2.24) is 9.88 Å². The van der Waals surface area contributed by atoms with Gasteiger partial charge in [0.15, 0.2) is 5.13 Å². The SMILES string of the molecule is CCC(=O)N1CCN(c2nc3c(s2)CC(C(=O)Nc2cc(C)ccc2C)CC3)CC1. The number of amides is 2. The molecule has 1 N–H and O–H groups in total. The molecule has 0 bridgehead atoms. The summed E-state index contributed by atoms with van der Waals surface area (Å²) >= 11 is 1.72. The summed E-state index contributed by atoms with van der Waals surface area (Å²) in [4.78, 5) is 35.1. The van der Waals surface area contributed by atoms with Crippen LogP contribution in [0.3, 0.4) is 0 Å². The van der Waals surface area contributed by atoms with Crippen molar-refractivity contribution in [3.8, 4) is 0 Å². The Morgan fingerprint density at radius 1 is 1.20 bits per heavy atom. The topological polar surface area (TPSA) is 65.5 Å². The number of aromatic nitrogens is 1. The van der Waals surface area contributed by atoms with Crippen molar-refractivity contribution >= 4 is 34.0 Å². The Bertz CT molecular complexity index is 947. The van der Waals surface area contributed by atoms with E-state index in [1.165, 1.54) is 4.88 Å². The van der Waals surface area contributed by atoms with Gasteiger partial charge in [-0.25, -0.2) is 4.98 Å². The molecule has 4 rings (SSSR count). The van der Waals surface area contributed by atoms with Crippen LogP contribution in [0.25, 0.3) is 0 Å². The Hall–Kier alpha value is -2.41. The number of benzene rings is 1. The molecule has 1 unspecified atom stereocenters. The first-order valence-electron chi connectivity index (χ1n) is 10.8. The van der Waals surface area contributed by atoms with Crippen LogP contribution in [-0.4, -0.2) is 47.9 Å². The highest BCUT2D eigenvalue weighted by Gasteiger charge is 2.30. The molecule has 2 amide bonds. The van der Waals surface area contributed by atoms with Crippen molar-refractivity contribution in [3.05, 3.63) is 39.9 Å². The standard InChI is InChI=1S/C23H30N4O2S/c1-4-21(28)26-9-11-27(12-10-26)23-25-18-8-7-17(14-20(18)30-23)22(29)24-19-13-15(2)5-6-16(19)3/h5-6,13,17H,4,7-12,14H2,1-3H3,(H,24,29). The normalized spacial score (nSPS) is 18.8. The Labute approximate surface area is 182 Å². The van der Waals surface area contributed by atoms with Gasteiger partial charge in [0.25, 0.3) is 0 Å². The minimum atomic E-state index is -0.00950. The molecule has 2 heterocycles. The van der Waals surface area contributed by atoms with E-state index in [2.05, 4.69) is 16.3 Å². The first-order chi connectivity index (χ1) is 14.4. The highest BCUT2D eigenvalue weighted by Crippen LogP contribution is 2.35. The predicted octanol–water partition coefficient (Wildman–Crippen LogP) is 3.56. The third kappa shape index (κ3) is 4.36. The number of nitrogens with zero attached hydrogens (tertiary/aromatic N) is 3. The lowest BCUT2D eigenvalue weighted by molar-refractivity contribution is -0.131. The van der Waals surface area contributed by atoms with E-state index in [0.29, 0.717) is 6.42 Å². The zero-order valence-electron chi connectivity index (χ0n) is 18.0. The monoisotopic (exact) mass is 426 g/mol. The lowest BCUT2D eigenvalue weighted by Crippen LogP contribution is -2.48. The molecular weight excluding hydrogens is 396 g/mol. The van der Waals surface area contributed by atoms with Gasteiger partial charge < -0.3 is 15.1 Å². The zero-order valence-corrected chi connectivity index (χ0v) is 18.8. The van der Waals surface area contributed by atoms with Crippen LogP contribution in [-0.2, 0) is 22.4 Å². The predicted molar refractivity (Wildman–Crippen MR) is 121 cm³/mol. The number of nitrogens with one attached hydrogen (secondary N) is 1. The van der Waals surface area contributed by atoms with E-state index in [-0.39, 0.29) is 17.7 Å². The van der Waals surface area contributed by atoms with Crippen molar-refractivity contribution in [2.75, 3.05) is 36.4 Å². The van der Waals surface area contributed by atoms with E-state index in [4.69, 9.17) is 4.98 Å². The number of thiazole rings is 1. The van der Waals surface area contributed by atoms with Crippen LogP contribution in [0.15, 0.2) is 18.2 Å². The molecule has 1 aromatic carbocycles. The fourth-order valence-electron chi connectivity index (χ4n) is 4.20. The summed E-state index contributed by atoms with van der Waals surface area (Å²) in [5.74, 6) is 0.325. The zero-order chi connectivity index (χ0) is 21.3. The van der Waals surface area contributed by atoms with Crippen LogP contribution in [0.2, 0.25) is 0 Å². The van der Waals surface area contributed by atoms with Gasteiger partial charge in [-0.3, -0.25) is 9.59 Å². The molecular formula is C23H30N4O2S. The number of anilines is 2. The molecule has 1 atom stereocenters. The van der Waals surface area contributed by atoms with Gasteiger partial charge in [-0.2, -0.15) is 0 Å². The number of aryl methyl sites for hydroxylation is 3. The molecule has 1 aliphatic heterocycles. The minimum absolute atomic E-state index is 0.00950. The van der Waals surface area contributed by atoms with Gasteiger partial charge in [0.05, 0.1) is 5.69 Å². The van der Waals surface area contributed by atoms with Crippen LogP contribution in [0.4, 0.5) is 10.8 Å². The van der Waals surface area contributed by atoms with Crippen molar-refractivity contribution in [2.24, 2.45) is 5.92 Å². The van der Waals surface area contributed by atoms with Crippen LogP contribution < -0.4 is 10.2 Å². The molecule has 6 nitrogen and oxygen atoms in total. The second kappa shape index (κ2) is 8.76. The van der Waals surface area contributed by atoms with Crippen molar-refractivity contribution in [2.45, 2.75) is 46.5 Å². The van der Waals surface area contributed by atoms with Crippen molar-refractivity contribution in [3.63, 3.8) is 0 Å². The van der Waals surface area contributed by atoms with Gasteiger partial charge in [0, 0.05) is 49.1 Å². The highest BCUT2D eigenvalue weighted by atomic mass is 32.1. The molecule has 0 spiro atoms. The molecule has 7 heteroatoms. The molecule has 2 aromatic rings. The van der Waals surface area contributed by atoms with E-state index >= 15 is 0 Å². The molecule has 1 fully saturated rings. The van der Waals surface area contributed by atoms with Crippen molar-refractivity contribution in [1.29, 1.82) is 0 Å². The smallest absolute Gasteiger partial charge is 0.227 e. The highest BCUT2D eigenvalue weighted by molar-refractivity contribution is 7.15. The van der Waals surface area contributed by atoms with Gasteiger partial charge in [-0.15, -0.1) is 11.3 Å². The largest absolute Gasteiger partial charge is 0.345 e. The third-order valence-electron chi connectivity index (χ3n) is 6.16.